The van der Waals surface area contributed by atoms with Crippen molar-refractivity contribution < 1.29 is 52.9 Å². The molecule has 16 nitrogen and oxygen atoms in total. The van der Waals surface area contributed by atoms with Crippen LogP contribution in [0.2, 0.25) is 0 Å². The number of aliphatic carboxylic acids is 1. The lowest BCUT2D eigenvalue weighted by Crippen LogP contribution is -2.60. The Morgan fingerprint density at radius 2 is 1.37 bits per heavy atom. The van der Waals surface area contributed by atoms with Crippen LogP contribution in [-0.2, 0) is 60.6 Å². The number of hydrogen-bond donors (Lipinski definition) is 4. The van der Waals surface area contributed by atoms with Crippen molar-refractivity contribution in [3.63, 3.8) is 0 Å². The van der Waals surface area contributed by atoms with Crippen molar-refractivity contribution in [3.05, 3.63) is 71.8 Å². The van der Waals surface area contributed by atoms with Gasteiger partial charge in [0.1, 0.15) is 23.7 Å². The second kappa shape index (κ2) is 25.2. The number of amides is 4. The predicted molar refractivity (Wildman–Crippen MR) is 234 cm³/mol. The quantitative estimate of drug-likeness (QED) is 0.0440. The van der Waals surface area contributed by atoms with Crippen molar-refractivity contribution in [2.45, 2.75) is 122 Å². The van der Waals surface area contributed by atoms with Crippen LogP contribution in [0.1, 0.15) is 90.7 Å². The molecule has 4 rings (SSSR count). The largest absolute Gasteiger partial charge is 0.481 e. The number of carboxylic acids is 1. The Morgan fingerprint density at radius 1 is 0.778 bits per heavy atom. The minimum Gasteiger partial charge on any atom is -0.481 e. The molecule has 0 spiro atoms. The first-order valence-corrected chi connectivity index (χ1v) is 22.2. The van der Waals surface area contributed by atoms with Crippen molar-refractivity contribution in [2.24, 2.45) is 11.8 Å². The number of nitrogens with zero attached hydrogens (tertiary/aromatic N) is 2. The van der Waals surface area contributed by atoms with Crippen LogP contribution >= 0.6 is 0 Å². The van der Waals surface area contributed by atoms with Gasteiger partial charge >= 0.3 is 11.9 Å². The number of morpholine rings is 1. The Labute approximate surface area is 371 Å². The molecule has 4 unspecified atom stereocenters. The van der Waals surface area contributed by atoms with E-state index in [2.05, 4.69) is 16.0 Å². The third-order valence-electron chi connectivity index (χ3n) is 11.1. The van der Waals surface area contributed by atoms with Crippen molar-refractivity contribution in [1.82, 2.24) is 25.8 Å². The number of unbranched alkanes of at least 4 members (excludes halogenated alkanes) is 1. The molecule has 2 saturated heterocycles. The van der Waals surface area contributed by atoms with Gasteiger partial charge in [-0.15, -0.1) is 0 Å². The van der Waals surface area contributed by atoms with Crippen LogP contribution < -0.4 is 16.0 Å². The zero-order valence-corrected chi connectivity index (χ0v) is 37.5. The highest BCUT2D eigenvalue weighted by Crippen LogP contribution is 2.30. The summed E-state index contributed by atoms with van der Waals surface area (Å²) in [7, 11) is 0. The summed E-state index contributed by atoms with van der Waals surface area (Å²) >= 11 is 0. The fourth-order valence-corrected chi connectivity index (χ4v) is 7.43. The standard InChI is InChI=1S/C47H67N5O11/c1-32(2)26-37(43(57)47(5)30-63-47)49-44(58)38(28-35-16-10-7-11-17-35)50-45(59)39(27-33(3)4)52(31-62-42(56)19-13-12-18-41(54)55)46(60)36(21-20-34-14-8-6-9-15-34)48-40(53)29-51-22-24-61-25-23-51/h6-11,14-17,32-33,36-39H,12-13,18-31H2,1-5H3,(H,48,53)(H,49,58)(H,50,59)(H,54,55)/t36?,37?,38?,39?,47-/m1/s1. The van der Waals surface area contributed by atoms with Gasteiger partial charge in [0.05, 0.1) is 32.4 Å². The first-order chi connectivity index (χ1) is 30.0. The van der Waals surface area contributed by atoms with Gasteiger partial charge in [0.25, 0.3) is 0 Å². The maximum atomic E-state index is 15.0. The van der Waals surface area contributed by atoms with Gasteiger partial charge in [0, 0.05) is 32.4 Å². The van der Waals surface area contributed by atoms with Crippen molar-refractivity contribution in [3.8, 4) is 0 Å². The molecule has 2 fully saturated rings. The van der Waals surface area contributed by atoms with E-state index < -0.39 is 72.1 Å². The Kier molecular flexibility index (Phi) is 20.2. The molecule has 0 aliphatic carbocycles. The number of nitrogens with one attached hydrogen (secondary N) is 3. The first kappa shape index (κ1) is 50.5. The Bertz CT molecular complexity index is 1820. The van der Waals surface area contributed by atoms with Crippen molar-refractivity contribution in [1.29, 1.82) is 0 Å². The fraction of sp³-hybridized carbons (Fsp3) is 0.596. The van der Waals surface area contributed by atoms with E-state index in [9.17, 15) is 28.8 Å². The highest BCUT2D eigenvalue weighted by atomic mass is 16.6. The number of rotatable bonds is 27. The molecule has 0 radical (unpaired) electrons. The average Bonchev–Trinajstić information content (AvgIpc) is 4.01. The molecule has 5 atom stereocenters. The topological polar surface area (TPSA) is 213 Å². The third-order valence-corrected chi connectivity index (χ3v) is 11.1. The molecule has 63 heavy (non-hydrogen) atoms. The van der Waals surface area contributed by atoms with E-state index in [1.54, 1.807) is 6.92 Å². The molecule has 346 valence electrons. The summed E-state index contributed by atoms with van der Waals surface area (Å²) in [4.78, 5) is 98.6. The first-order valence-electron chi connectivity index (χ1n) is 22.2. The summed E-state index contributed by atoms with van der Waals surface area (Å²) in [6.45, 7) is 10.9. The number of hydrogen-bond acceptors (Lipinski definition) is 11. The second-order valence-corrected chi connectivity index (χ2v) is 17.6. The van der Waals surface area contributed by atoms with E-state index >= 15 is 4.79 Å². The van der Waals surface area contributed by atoms with Gasteiger partial charge in [0.15, 0.2) is 12.5 Å². The number of aryl methyl sites for hydroxylation is 1. The summed E-state index contributed by atoms with van der Waals surface area (Å²) < 4.78 is 16.5. The minimum atomic E-state index is -1.29. The van der Waals surface area contributed by atoms with Crippen LogP contribution in [0.5, 0.6) is 0 Å². The van der Waals surface area contributed by atoms with Gasteiger partial charge in [-0.3, -0.25) is 43.4 Å². The second-order valence-electron chi connectivity index (χ2n) is 17.6. The summed E-state index contributed by atoms with van der Waals surface area (Å²) in [5.41, 5.74) is 0.646. The number of ether oxygens (including phenoxy) is 3. The maximum Gasteiger partial charge on any atom is 0.307 e. The summed E-state index contributed by atoms with van der Waals surface area (Å²) in [6, 6.07) is 14.0. The van der Waals surface area contributed by atoms with Crippen molar-refractivity contribution in [2.75, 3.05) is 46.2 Å². The lowest BCUT2D eigenvalue weighted by Gasteiger charge is -2.35. The SMILES string of the molecule is CC(C)CC(NC(=O)C(Cc1ccccc1)NC(=O)C(CC(C)C)N(COC(=O)CCCCC(=O)O)C(=O)C(CCc1ccccc1)NC(=O)CN1CCOCC1)C(=O)[C@@]1(C)CO1. The monoisotopic (exact) mass is 877 g/mol. The number of benzene rings is 2. The molecule has 0 aromatic heterocycles. The third kappa shape index (κ3) is 17.5. The number of epoxide rings is 1. The van der Waals surface area contributed by atoms with E-state index in [4.69, 9.17) is 19.3 Å². The highest BCUT2D eigenvalue weighted by molar-refractivity contribution is 5.99. The molecule has 2 aliphatic rings. The summed E-state index contributed by atoms with van der Waals surface area (Å²) in [5, 5.41) is 17.8. The smallest absolute Gasteiger partial charge is 0.307 e. The van der Waals surface area contributed by atoms with Gasteiger partial charge in [-0.2, -0.15) is 0 Å². The van der Waals surface area contributed by atoms with E-state index in [0.29, 0.717) is 39.1 Å². The number of carbonyl (C=O) groups excluding carboxylic acids is 6. The number of carboxylic acid groups (broad SMARTS) is 1. The normalized spacial score (nSPS) is 18.1. The Morgan fingerprint density at radius 3 is 1.95 bits per heavy atom. The number of Topliss-reactive ketones (excluding diaryl/α,β-unsaturated/α-hetero) is 1. The van der Waals surface area contributed by atoms with Crippen LogP contribution in [0.25, 0.3) is 0 Å². The molecule has 2 aromatic carbocycles. The Hall–Kier alpha value is -5.19. The average molecular weight is 878 g/mol. The molecular weight excluding hydrogens is 811 g/mol. The van der Waals surface area contributed by atoms with Crippen LogP contribution in [-0.4, -0.2) is 132 Å². The molecule has 4 amide bonds. The summed E-state index contributed by atoms with van der Waals surface area (Å²) in [6.07, 6.45) is 1.26. The molecule has 4 N–H and O–H groups in total. The summed E-state index contributed by atoms with van der Waals surface area (Å²) in [5.74, 6) is -4.45. The van der Waals surface area contributed by atoms with Gasteiger partial charge in [-0.25, -0.2) is 0 Å². The molecular formula is C47H67N5O11. The molecule has 2 aromatic rings. The number of esters is 1. The minimum absolute atomic E-state index is 0.0155. The lowest BCUT2D eigenvalue weighted by atomic mass is 9.93. The van der Waals surface area contributed by atoms with Gasteiger partial charge in [-0.05, 0) is 68.4 Å². The zero-order chi connectivity index (χ0) is 45.9. The lowest BCUT2D eigenvalue weighted by molar-refractivity contribution is -0.160. The molecule has 0 bridgehead atoms. The van der Waals surface area contributed by atoms with E-state index in [1.807, 2.05) is 93.3 Å². The van der Waals surface area contributed by atoms with Crippen LogP contribution in [0, 0.1) is 11.8 Å². The molecule has 0 saturated carbocycles. The van der Waals surface area contributed by atoms with Crippen LogP contribution in [0.3, 0.4) is 0 Å². The number of carbonyl (C=O) groups is 7. The maximum absolute atomic E-state index is 15.0. The Balaban J connectivity index is 1.68. The highest BCUT2D eigenvalue weighted by Gasteiger charge is 2.50. The van der Waals surface area contributed by atoms with E-state index in [-0.39, 0.29) is 75.7 Å². The molecule has 16 heteroatoms. The molecule has 2 aliphatic heterocycles. The van der Waals surface area contributed by atoms with E-state index in [1.165, 1.54) is 0 Å². The molecule has 2 heterocycles. The van der Waals surface area contributed by atoms with Gasteiger partial charge in [0.2, 0.25) is 23.6 Å². The predicted octanol–water partition coefficient (Wildman–Crippen LogP) is 3.44. The fourth-order valence-electron chi connectivity index (χ4n) is 7.43. The van der Waals surface area contributed by atoms with Gasteiger partial charge in [-0.1, -0.05) is 88.4 Å². The van der Waals surface area contributed by atoms with Crippen molar-refractivity contribution >= 4 is 41.4 Å². The zero-order valence-electron chi connectivity index (χ0n) is 37.5. The van der Waals surface area contributed by atoms with E-state index in [0.717, 1.165) is 16.0 Å². The van der Waals surface area contributed by atoms with Crippen LogP contribution in [0.15, 0.2) is 60.7 Å². The number of ketones is 1. The van der Waals surface area contributed by atoms with Gasteiger partial charge < -0.3 is 35.3 Å². The van der Waals surface area contributed by atoms with Crippen LogP contribution in [0.4, 0.5) is 0 Å².